The van der Waals surface area contributed by atoms with Gasteiger partial charge in [0.2, 0.25) is 0 Å². The molecular weight excluding hydrogens is 443 g/mol. The third kappa shape index (κ3) is 6.58. The Hall–Kier alpha value is -1.15. The van der Waals surface area contributed by atoms with E-state index in [4.69, 9.17) is 0 Å². The van der Waals surface area contributed by atoms with Crippen molar-refractivity contribution >= 4 is 41.3 Å². The van der Waals surface area contributed by atoms with Crippen molar-refractivity contribution in [3.8, 4) is 0 Å². The fourth-order valence-electron chi connectivity index (χ4n) is 2.64. The zero-order valence-electron chi connectivity index (χ0n) is 15.7. The van der Waals surface area contributed by atoms with Crippen LogP contribution in [-0.4, -0.2) is 24.5 Å². The van der Waals surface area contributed by atoms with Crippen molar-refractivity contribution < 1.29 is 0 Å². The fraction of sp³-hybridized carbons (Fsp3) is 0.474. The first kappa shape index (κ1) is 21.9. The van der Waals surface area contributed by atoms with E-state index in [0.29, 0.717) is 18.4 Å². The summed E-state index contributed by atoms with van der Waals surface area (Å²) in [7, 11) is 1.81. The lowest BCUT2D eigenvalue weighted by Gasteiger charge is -2.23. The molecule has 4 nitrogen and oxygen atoms in total. The maximum Gasteiger partial charge on any atom is 0.191 e. The largest absolute Gasteiger partial charge is 0.356 e. The Bertz CT molecular complexity index is 648. The lowest BCUT2D eigenvalue weighted by Crippen LogP contribution is -2.39. The molecule has 0 amide bonds. The van der Waals surface area contributed by atoms with Crippen molar-refractivity contribution in [3.05, 3.63) is 51.5 Å². The molecule has 0 saturated carbocycles. The van der Waals surface area contributed by atoms with Crippen LogP contribution in [0.2, 0.25) is 0 Å². The summed E-state index contributed by atoms with van der Waals surface area (Å²) in [5.41, 5.74) is 2.48. The van der Waals surface area contributed by atoms with E-state index in [1.807, 2.05) is 0 Å². The van der Waals surface area contributed by atoms with E-state index in [1.54, 1.807) is 18.4 Å². The molecule has 0 aliphatic carbocycles. The van der Waals surface area contributed by atoms with Crippen LogP contribution in [0.4, 0.5) is 0 Å². The molecule has 0 aliphatic heterocycles. The highest BCUT2D eigenvalue weighted by Gasteiger charge is 2.16. The molecule has 2 N–H and O–H groups in total. The maximum atomic E-state index is 4.56. The molecule has 0 fully saturated rings. The quantitative estimate of drug-likeness (QED) is 0.370. The number of benzene rings is 1. The normalized spacial score (nSPS) is 12.6. The minimum absolute atomic E-state index is 0. The molecule has 1 aromatic heterocycles. The Morgan fingerprint density at radius 3 is 2.36 bits per heavy atom. The summed E-state index contributed by atoms with van der Waals surface area (Å²) in [5.74, 6) is 1.83. The first-order valence-electron chi connectivity index (χ1n) is 8.43. The van der Waals surface area contributed by atoms with Crippen LogP contribution < -0.4 is 10.6 Å². The van der Waals surface area contributed by atoms with Crippen molar-refractivity contribution in [2.24, 2.45) is 10.9 Å². The van der Waals surface area contributed by atoms with Crippen molar-refractivity contribution in [2.45, 2.75) is 40.2 Å². The molecular formula is C19H29IN4S. The summed E-state index contributed by atoms with van der Waals surface area (Å²) < 4.78 is 0. The van der Waals surface area contributed by atoms with E-state index in [2.05, 4.69) is 78.6 Å². The van der Waals surface area contributed by atoms with Gasteiger partial charge in [-0.2, -0.15) is 0 Å². The third-order valence-corrected chi connectivity index (χ3v) is 5.30. The highest BCUT2D eigenvalue weighted by molar-refractivity contribution is 14.0. The number of hydrogen-bond acceptors (Lipinski definition) is 3. The Morgan fingerprint density at radius 1 is 1.16 bits per heavy atom. The number of nitrogens with one attached hydrogen (secondary N) is 2. The number of rotatable bonds is 6. The summed E-state index contributed by atoms with van der Waals surface area (Å²) in [5, 5.41) is 7.91. The third-order valence-electron chi connectivity index (χ3n) is 4.23. The number of halogens is 1. The van der Waals surface area contributed by atoms with E-state index >= 15 is 0 Å². The number of hydrogen-bond donors (Lipinski definition) is 2. The van der Waals surface area contributed by atoms with Gasteiger partial charge >= 0.3 is 0 Å². The molecule has 1 atom stereocenters. The van der Waals surface area contributed by atoms with Crippen LogP contribution in [0, 0.1) is 19.8 Å². The molecule has 6 heteroatoms. The second-order valence-corrected chi connectivity index (χ2v) is 7.60. The van der Waals surface area contributed by atoms with Gasteiger partial charge < -0.3 is 10.6 Å². The lowest BCUT2D eigenvalue weighted by molar-refractivity contribution is 0.488. The predicted octanol–water partition coefficient (Wildman–Crippen LogP) is 4.48. The van der Waals surface area contributed by atoms with Gasteiger partial charge in [-0.1, -0.05) is 44.2 Å². The molecule has 0 saturated heterocycles. The van der Waals surface area contributed by atoms with Gasteiger partial charge in [0, 0.05) is 24.4 Å². The molecule has 0 bridgehead atoms. The van der Waals surface area contributed by atoms with Crippen LogP contribution in [0.3, 0.4) is 0 Å². The van der Waals surface area contributed by atoms with Gasteiger partial charge in [0.15, 0.2) is 5.96 Å². The second kappa shape index (κ2) is 10.8. The van der Waals surface area contributed by atoms with E-state index in [9.17, 15) is 0 Å². The maximum absolute atomic E-state index is 4.56. The van der Waals surface area contributed by atoms with Crippen molar-refractivity contribution in [3.63, 3.8) is 0 Å². The molecule has 1 aromatic carbocycles. The zero-order chi connectivity index (χ0) is 17.5. The molecule has 0 aliphatic rings. The monoisotopic (exact) mass is 472 g/mol. The summed E-state index contributed by atoms with van der Waals surface area (Å²) in [6.45, 7) is 10.2. The van der Waals surface area contributed by atoms with Crippen LogP contribution >= 0.6 is 35.3 Å². The van der Waals surface area contributed by atoms with E-state index in [1.165, 1.54) is 10.4 Å². The average Bonchev–Trinajstić information content (AvgIpc) is 2.89. The van der Waals surface area contributed by atoms with Crippen LogP contribution in [0.5, 0.6) is 0 Å². The minimum Gasteiger partial charge on any atom is -0.356 e. The summed E-state index contributed by atoms with van der Waals surface area (Å²) in [4.78, 5) is 10.2. The van der Waals surface area contributed by atoms with E-state index < -0.39 is 0 Å². The van der Waals surface area contributed by atoms with Crippen LogP contribution in [0.1, 0.15) is 40.9 Å². The van der Waals surface area contributed by atoms with Gasteiger partial charge in [0.1, 0.15) is 5.01 Å². The number of thiazole rings is 1. The SMILES string of the molecule is CN=C(NCc1nc(C)c(C)s1)NCC(c1ccccc1)C(C)C.I. The van der Waals surface area contributed by atoms with Crippen molar-refractivity contribution in [1.29, 1.82) is 0 Å². The summed E-state index contributed by atoms with van der Waals surface area (Å²) in [6, 6.07) is 10.7. The zero-order valence-corrected chi connectivity index (χ0v) is 18.8. The van der Waals surface area contributed by atoms with E-state index in [0.717, 1.165) is 23.2 Å². The Kier molecular flexibility index (Phi) is 9.42. The van der Waals surface area contributed by atoms with Crippen LogP contribution in [0.15, 0.2) is 35.3 Å². The molecule has 0 radical (unpaired) electrons. The van der Waals surface area contributed by atoms with Crippen molar-refractivity contribution in [2.75, 3.05) is 13.6 Å². The first-order valence-corrected chi connectivity index (χ1v) is 9.25. The smallest absolute Gasteiger partial charge is 0.191 e. The number of aromatic nitrogens is 1. The molecule has 1 heterocycles. The van der Waals surface area contributed by atoms with E-state index in [-0.39, 0.29) is 24.0 Å². The molecule has 1 unspecified atom stereocenters. The molecule has 138 valence electrons. The van der Waals surface area contributed by atoms with Gasteiger partial charge in [-0.15, -0.1) is 35.3 Å². The average molecular weight is 472 g/mol. The van der Waals surface area contributed by atoms with Crippen molar-refractivity contribution in [1.82, 2.24) is 15.6 Å². The van der Waals surface area contributed by atoms with Crippen LogP contribution in [-0.2, 0) is 6.54 Å². The standard InChI is InChI=1S/C19H28N4S.HI/c1-13(2)17(16-9-7-6-8-10-16)11-21-19(20-5)22-12-18-23-14(3)15(4)24-18;/h6-10,13,17H,11-12H2,1-5H3,(H2,20,21,22);1H. The minimum atomic E-state index is 0. The number of aliphatic imine (C=N–C) groups is 1. The molecule has 0 spiro atoms. The Labute approximate surface area is 172 Å². The number of aryl methyl sites for hydroxylation is 2. The Balaban J connectivity index is 0.00000312. The summed E-state index contributed by atoms with van der Waals surface area (Å²) >= 11 is 1.74. The van der Waals surface area contributed by atoms with Gasteiger partial charge in [0.25, 0.3) is 0 Å². The number of guanidine groups is 1. The topological polar surface area (TPSA) is 49.3 Å². The summed E-state index contributed by atoms with van der Waals surface area (Å²) in [6.07, 6.45) is 0. The molecule has 25 heavy (non-hydrogen) atoms. The molecule has 2 rings (SSSR count). The molecule has 2 aromatic rings. The van der Waals surface area contributed by atoms with Gasteiger partial charge in [-0.05, 0) is 25.3 Å². The highest BCUT2D eigenvalue weighted by Crippen LogP contribution is 2.23. The first-order chi connectivity index (χ1) is 11.5. The predicted molar refractivity (Wildman–Crippen MR) is 119 cm³/mol. The van der Waals surface area contributed by atoms with Gasteiger partial charge in [-0.3, -0.25) is 4.99 Å². The second-order valence-electron chi connectivity index (χ2n) is 6.32. The lowest BCUT2D eigenvalue weighted by atomic mass is 9.88. The highest BCUT2D eigenvalue weighted by atomic mass is 127. The Morgan fingerprint density at radius 2 is 1.84 bits per heavy atom. The van der Waals surface area contributed by atoms with Gasteiger partial charge in [0.05, 0.1) is 12.2 Å². The van der Waals surface area contributed by atoms with Crippen LogP contribution in [0.25, 0.3) is 0 Å². The number of nitrogens with zero attached hydrogens (tertiary/aromatic N) is 2. The fourth-order valence-corrected chi connectivity index (χ4v) is 3.51. The van der Waals surface area contributed by atoms with Gasteiger partial charge in [-0.25, -0.2) is 4.98 Å².